The van der Waals surface area contributed by atoms with Gasteiger partial charge in [-0.05, 0) is 59.8 Å². The summed E-state index contributed by atoms with van der Waals surface area (Å²) >= 11 is 0. The largest absolute Gasteiger partial charge is 0.497 e. The van der Waals surface area contributed by atoms with E-state index in [4.69, 9.17) is 24.0 Å². The lowest BCUT2D eigenvalue weighted by Gasteiger charge is -2.28. The van der Waals surface area contributed by atoms with E-state index in [1.165, 1.54) is 0 Å². The van der Waals surface area contributed by atoms with E-state index in [9.17, 15) is 0 Å². The molecular weight excluding hydrogens is 530 g/mol. The highest BCUT2D eigenvalue weighted by Gasteiger charge is 2.34. The monoisotopic (exact) mass is 557 g/mol. The molecular formula is C33H27N5O4. The Labute approximate surface area is 242 Å². The molecule has 0 radical (unpaired) electrons. The predicted molar refractivity (Wildman–Crippen MR) is 159 cm³/mol. The van der Waals surface area contributed by atoms with Crippen LogP contribution in [0.4, 0.5) is 0 Å². The van der Waals surface area contributed by atoms with Gasteiger partial charge in [0.05, 0.1) is 25.5 Å². The summed E-state index contributed by atoms with van der Waals surface area (Å²) in [5.41, 5.74) is 5.24. The van der Waals surface area contributed by atoms with Crippen LogP contribution in [0.25, 0.3) is 16.4 Å². The van der Waals surface area contributed by atoms with Crippen molar-refractivity contribution in [3.8, 4) is 23.1 Å². The van der Waals surface area contributed by atoms with E-state index < -0.39 is 0 Å². The molecule has 3 heterocycles. The number of fused-ring (bicyclic) bond motifs is 6. The zero-order valence-corrected chi connectivity index (χ0v) is 23.3. The summed E-state index contributed by atoms with van der Waals surface area (Å²) in [6.45, 7) is 1.98. The van der Waals surface area contributed by atoms with Gasteiger partial charge in [0.2, 0.25) is 5.88 Å². The lowest BCUT2D eigenvalue weighted by molar-refractivity contribution is 0.125. The van der Waals surface area contributed by atoms with E-state index in [0.717, 1.165) is 56.0 Å². The van der Waals surface area contributed by atoms with E-state index in [1.807, 2.05) is 55.5 Å². The third-order valence-corrected chi connectivity index (χ3v) is 7.49. The lowest BCUT2D eigenvalue weighted by atomic mass is 9.83. The Balaban J connectivity index is 1.27. The molecule has 0 saturated carbocycles. The van der Waals surface area contributed by atoms with Gasteiger partial charge in [-0.1, -0.05) is 53.7 Å². The normalized spacial score (nSPS) is 14.3. The zero-order chi connectivity index (χ0) is 28.6. The summed E-state index contributed by atoms with van der Waals surface area (Å²) in [5.74, 6) is 3.16. The number of hydrogen-bond acceptors (Lipinski definition) is 8. The maximum atomic E-state index is 6.50. The number of oxime groups is 1. The van der Waals surface area contributed by atoms with Crippen LogP contribution in [-0.4, -0.2) is 39.5 Å². The molecule has 9 heteroatoms. The molecule has 7 rings (SSSR count). The summed E-state index contributed by atoms with van der Waals surface area (Å²) < 4.78 is 18.8. The summed E-state index contributed by atoms with van der Waals surface area (Å²) in [7, 11) is 3.30. The third kappa shape index (κ3) is 4.45. The minimum absolute atomic E-state index is 0.0965. The molecule has 0 bridgehead atoms. The third-order valence-electron chi connectivity index (χ3n) is 7.49. The van der Waals surface area contributed by atoms with Crippen molar-refractivity contribution >= 4 is 22.1 Å². The van der Waals surface area contributed by atoms with Crippen LogP contribution in [-0.2, 0) is 11.4 Å². The van der Waals surface area contributed by atoms with Crippen molar-refractivity contribution in [1.29, 1.82) is 0 Å². The van der Waals surface area contributed by atoms with Gasteiger partial charge in [-0.25, -0.2) is 14.5 Å². The topological polar surface area (TPSA) is 92.4 Å². The van der Waals surface area contributed by atoms with Crippen molar-refractivity contribution in [1.82, 2.24) is 19.6 Å². The van der Waals surface area contributed by atoms with Crippen molar-refractivity contribution in [3.05, 3.63) is 119 Å². The summed E-state index contributed by atoms with van der Waals surface area (Å²) in [6.07, 6.45) is 1.62. The van der Waals surface area contributed by atoms with E-state index >= 15 is 0 Å². The second-order valence-corrected chi connectivity index (χ2v) is 9.95. The van der Waals surface area contributed by atoms with E-state index in [1.54, 1.807) is 25.1 Å². The van der Waals surface area contributed by atoms with E-state index in [0.29, 0.717) is 17.4 Å². The number of benzene rings is 4. The maximum absolute atomic E-state index is 6.50. The van der Waals surface area contributed by atoms with Crippen LogP contribution in [0.1, 0.15) is 40.9 Å². The Hall–Kier alpha value is -5.44. The zero-order valence-electron chi connectivity index (χ0n) is 23.3. The molecule has 1 aliphatic rings. The Bertz CT molecular complexity index is 1950. The average molecular weight is 558 g/mol. The molecule has 0 aliphatic carbocycles. The lowest BCUT2D eigenvalue weighted by Crippen LogP contribution is -2.15. The second kappa shape index (κ2) is 10.5. The molecule has 0 N–H and O–H groups in total. The molecule has 42 heavy (non-hydrogen) atoms. The van der Waals surface area contributed by atoms with Gasteiger partial charge in [0.25, 0.3) is 0 Å². The highest BCUT2D eigenvalue weighted by Crippen LogP contribution is 2.50. The molecule has 2 aromatic heterocycles. The molecule has 6 aromatic rings. The molecule has 208 valence electrons. The van der Waals surface area contributed by atoms with Gasteiger partial charge < -0.3 is 19.0 Å². The molecule has 0 amide bonds. The smallest absolute Gasteiger partial charge is 0.228 e. The first-order chi connectivity index (χ1) is 20.6. The van der Waals surface area contributed by atoms with Crippen molar-refractivity contribution in [2.24, 2.45) is 5.16 Å². The summed E-state index contributed by atoms with van der Waals surface area (Å²) in [6, 6.07) is 28.1. The van der Waals surface area contributed by atoms with Gasteiger partial charge in [0.1, 0.15) is 23.6 Å². The van der Waals surface area contributed by atoms with Gasteiger partial charge in [-0.2, -0.15) is 0 Å². The van der Waals surface area contributed by atoms with Crippen LogP contribution in [0, 0.1) is 0 Å². The van der Waals surface area contributed by atoms with E-state index in [-0.39, 0.29) is 12.5 Å². The molecule has 1 atom stereocenters. The summed E-state index contributed by atoms with van der Waals surface area (Å²) in [4.78, 5) is 15.2. The van der Waals surface area contributed by atoms with Crippen molar-refractivity contribution in [3.63, 3.8) is 0 Å². The van der Waals surface area contributed by atoms with Crippen molar-refractivity contribution in [2.75, 3.05) is 14.2 Å². The molecule has 0 unspecified atom stereocenters. The fourth-order valence-electron chi connectivity index (χ4n) is 5.37. The minimum atomic E-state index is -0.191. The number of rotatable bonds is 7. The van der Waals surface area contributed by atoms with Crippen molar-refractivity contribution < 1.29 is 19.0 Å². The van der Waals surface area contributed by atoms with Crippen LogP contribution in [0.15, 0.2) is 96.4 Å². The quantitative estimate of drug-likeness (QED) is 0.163. The van der Waals surface area contributed by atoms with Crippen molar-refractivity contribution in [2.45, 2.75) is 19.4 Å². The number of methoxy groups -OCH3 is 2. The number of aromatic nitrogens is 4. The fraction of sp³-hybridized carbons (Fsp3) is 0.152. The van der Waals surface area contributed by atoms with Crippen LogP contribution in [0.2, 0.25) is 0 Å². The summed E-state index contributed by atoms with van der Waals surface area (Å²) in [5, 5.41) is 11.0. The molecule has 0 saturated heterocycles. The molecule has 4 aromatic carbocycles. The second-order valence-electron chi connectivity index (χ2n) is 9.95. The first kappa shape index (κ1) is 25.5. The Morgan fingerprint density at radius 2 is 1.64 bits per heavy atom. The molecule has 0 fully saturated rings. The predicted octanol–water partition coefficient (Wildman–Crippen LogP) is 6.52. The fourth-order valence-corrected chi connectivity index (χ4v) is 5.37. The van der Waals surface area contributed by atoms with Crippen LogP contribution in [0.3, 0.4) is 0 Å². The average Bonchev–Trinajstić information content (AvgIpc) is 3.47. The van der Waals surface area contributed by atoms with Gasteiger partial charge in [0, 0.05) is 16.9 Å². The first-order valence-electron chi connectivity index (χ1n) is 13.5. The van der Waals surface area contributed by atoms with E-state index in [2.05, 4.69) is 51.6 Å². The van der Waals surface area contributed by atoms with Crippen LogP contribution in [0.5, 0.6) is 23.1 Å². The highest BCUT2D eigenvalue weighted by atomic mass is 16.6. The van der Waals surface area contributed by atoms with Crippen LogP contribution >= 0.6 is 0 Å². The maximum Gasteiger partial charge on any atom is 0.228 e. The van der Waals surface area contributed by atoms with Gasteiger partial charge in [0.15, 0.2) is 18.1 Å². The van der Waals surface area contributed by atoms with Crippen LogP contribution < -0.4 is 14.2 Å². The molecule has 1 aliphatic heterocycles. The Morgan fingerprint density at radius 1 is 0.905 bits per heavy atom. The molecule has 0 spiro atoms. The standard InChI is InChI=1S/C33H27N5O4/c1-20(21-8-13-24(39-2)14-9-21)37-41-18-28-35-32-30-29(23-10-15-25(40-3)16-11-23)27-17-12-22-6-4-5-7-26(22)31(27)42-33(30)34-19-38(32)36-28/h4-17,19,29H,18H2,1-3H3/b37-20+/t29-/m0/s1. The number of ether oxygens (including phenoxy) is 3. The Morgan fingerprint density at radius 3 is 2.40 bits per heavy atom. The first-order valence-corrected chi connectivity index (χ1v) is 13.5. The Kier molecular flexibility index (Phi) is 6.39. The van der Waals surface area contributed by atoms with Gasteiger partial charge in [-0.3, -0.25) is 0 Å². The van der Waals surface area contributed by atoms with Gasteiger partial charge in [-0.15, -0.1) is 5.10 Å². The minimum Gasteiger partial charge on any atom is -0.497 e. The van der Waals surface area contributed by atoms with Gasteiger partial charge >= 0.3 is 0 Å². The molecule has 9 nitrogen and oxygen atoms in total. The number of hydrogen-bond donors (Lipinski definition) is 0. The SMILES string of the molecule is COc1ccc(/C(C)=N/OCc2nc3c4c(ncn3n2)Oc2c(ccc3ccccc23)[C@@H]4c2ccc(OC)cc2)cc1. The number of nitrogens with zero attached hydrogens (tertiary/aromatic N) is 5. The highest BCUT2D eigenvalue weighted by molar-refractivity contribution is 5.98.